The largest absolute Gasteiger partial charge is 0.416 e. The van der Waals surface area contributed by atoms with Crippen LogP contribution in [0.1, 0.15) is 43.0 Å². The number of halogens is 6. The number of para-hydroxylation sites is 1. The van der Waals surface area contributed by atoms with Gasteiger partial charge in [0.25, 0.3) is 5.91 Å². The summed E-state index contributed by atoms with van der Waals surface area (Å²) in [5.74, 6) is -1.46. The molecule has 0 aliphatic carbocycles. The Bertz CT molecular complexity index is 1580. The second-order valence-electron chi connectivity index (χ2n) is 10.3. The maximum atomic E-state index is 13.6. The van der Waals surface area contributed by atoms with Crippen molar-refractivity contribution < 1.29 is 35.9 Å². The van der Waals surface area contributed by atoms with Gasteiger partial charge >= 0.3 is 12.4 Å². The maximum absolute atomic E-state index is 13.6. The molecule has 1 aliphatic heterocycles. The second-order valence-corrected chi connectivity index (χ2v) is 10.3. The Kier molecular flexibility index (Phi) is 7.76. The second kappa shape index (κ2) is 11.2. The Morgan fingerprint density at radius 2 is 1.50 bits per heavy atom. The molecular formula is C30H26F6N4O2. The van der Waals surface area contributed by atoms with E-state index in [9.17, 15) is 35.9 Å². The fourth-order valence-corrected chi connectivity index (χ4v) is 5.34. The summed E-state index contributed by atoms with van der Waals surface area (Å²) in [6.07, 6.45) is -8.02. The summed E-state index contributed by atoms with van der Waals surface area (Å²) < 4.78 is 81.1. The minimum atomic E-state index is -5.07. The molecule has 6 nitrogen and oxygen atoms in total. The summed E-state index contributed by atoms with van der Waals surface area (Å²) in [7, 11) is 0. The highest BCUT2D eigenvalue weighted by Crippen LogP contribution is 2.37. The van der Waals surface area contributed by atoms with Gasteiger partial charge in [0.15, 0.2) is 0 Å². The minimum absolute atomic E-state index is 0.0155. The number of benzene rings is 3. The molecule has 1 aromatic heterocycles. The van der Waals surface area contributed by atoms with E-state index >= 15 is 0 Å². The van der Waals surface area contributed by atoms with Gasteiger partial charge in [0.05, 0.1) is 11.1 Å². The van der Waals surface area contributed by atoms with E-state index in [0.717, 1.165) is 22.0 Å². The van der Waals surface area contributed by atoms with Crippen LogP contribution in [-0.4, -0.2) is 52.3 Å². The van der Waals surface area contributed by atoms with Gasteiger partial charge in [0.2, 0.25) is 5.91 Å². The Morgan fingerprint density at radius 3 is 2.12 bits per heavy atom. The number of fused-ring (bicyclic) bond motifs is 1. The first-order valence-corrected chi connectivity index (χ1v) is 13.1. The lowest BCUT2D eigenvalue weighted by molar-refractivity contribution is -0.143. The first kappa shape index (κ1) is 29.2. The number of amides is 2. The molecule has 4 aromatic rings. The minimum Gasteiger partial charge on any atom is -0.366 e. The van der Waals surface area contributed by atoms with Crippen LogP contribution in [0.4, 0.5) is 26.3 Å². The molecule has 220 valence electrons. The molecule has 0 radical (unpaired) electrons. The molecule has 1 atom stereocenters. The Labute approximate surface area is 236 Å². The number of nitrogens with zero attached hydrogens (tertiary/aromatic N) is 2. The molecule has 12 heteroatoms. The first-order valence-electron chi connectivity index (χ1n) is 13.1. The molecule has 2 amide bonds. The van der Waals surface area contributed by atoms with E-state index in [4.69, 9.17) is 5.73 Å². The lowest BCUT2D eigenvalue weighted by Gasteiger charge is -2.42. The molecule has 3 N–H and O–H groups in total. The van der Waals surface area contributed by atoms with Crippen molar-refractivity contribution in [2.24, 2.45) is 5.73 Å². The maximum Gasteiger partial charge on any atom is 0.416 e. The van der Waals surface area contributed by atoms with Crippen molar-refractivity contribution in [1.29, 1.82) is 0 Å². The van der Waals surface area contributed by atoms with Gasteiger partial charge in [-0.25, -0.2) is 0 Å². The van der Waals surface area contributed by atoms with Crippen molar-refractivity contribution in [2.75, 3.05) is 19.6 Å². The van der Waals surface area contributed by atoms with E-state index < -0.39 is 46.9 Å². The topological polar surface area (TPSA) is 82.4 Å². The number of primary amides is 1. The third-order valence-electron chi connectivity index (χ3n) is 7.44. The van der Waals surface area contributed by atoms with E-state index in [1.54, 1.807) is 30.5 Å². The molecule has 5 rings (SSSR count). The summed E-state index contributed by atoms with van der Waals surface area (Å²) in [5.41, 5.74) is 4.52. The van der Waals surface area contributed by atoms with Crippen LogP contribution in [0.2, 0.25) is 0 Å². The number of aromatic amines is 1. The zero-order valence-electron chi connectivity index (χ0n) is 22.1. The average molecular weight is 589 g/mol. The van der Waals surface area contributed by atoms with E-state index in [0.29, 0.717) is 43.8 Å². The summed E-state index contributed by atoms with van der Waals surface area (Å²) in [5, 5.41) is 0.905. The molecule has 3 aromatic carbocycles. The number of piperazine rings is 1. The number of nitrogens with one attached hydrogen (secondary N) is 1. The fraction of sp³-hybridized carbons (Fsp3) is 0.267. The summed E-state index contributed by atoms with van der Waals surface area (Å²) in [6, 6.07) is 14.6. The van der Waals surface area contributed by atoms with Crippen LogP contribution in [0.15, 0.2) is 72.9 Å². The SMILES string of the molecule is NC(=O)c1ccc(CN2CCN(C(=O)c3cc(C(F)(F)F)cc(C(F)(F)F)c3)[C@H](Cc3c[nH]c4ccccc34)C2)cc1. The number of H-pyrrole nitrogens is 1. The number of hydrogen-bond donors (Lipinski definition) is 2. The zero-order chi connectivity index (χ0) is 30.2. The average Bonchev–Trinajstić information content (AvgIpc) is 3.34. The first-order chi connectivity index (χ1) is 19.8. The Morgan fingerprint density at radius 1 is 0.857 bits per heavy atom. The van der Waals surface area contributed by atoms with Gasteiger partial charge < -0.3 is 15.6 Å². The number of aromatic nitrogens is 1. The van der Waals surface area contributed by atoms with Crippen LogP contribution < -0.4 is 5.73 Å². The number of alkyl halides is 6. The number of nitrogens with two attached hydrogens (primary N) is 1. The summed E-state index contributed by atoms with van der Waals surface area (Å²) in [6.45, 7) is 1.18. The smallest absolute Gasteiger partial charge is 0.366 e. The number of carbonyl (C=O) groups is 2. The van der Waals surface area contributed by atoms with Crippen LogP contribution >= 0.6 is 0 Å². The molecule has 0 unspecified atom stereocenters. The Hall–Kier alpha value is -4.32. The number of hydrogen-bond acceptors (Lipinski definition) is 3. The highest BCUT2D eigenvalue weighted by Gasteiger charge is 2.39. The normalized spacial score (nSPS) is 16.6. The zero-order valence-corrected chi connectivity index (χ0v) is 22.1. The molecule has 1 saturated heterocycles. The molecule has 1 fully saturated rings. The van der Waals surface area contributed by atoms with Crippen LogP contribution in [0, 0.1) is 0 Å². The lowest BCUT2D eigenvalue weighted by Crippen LogP contribution is -2.55. The van der Waals surface area contributed by atoms with E-state index in [1.807, 2.05) is 24.3 Å². The predicted octanol–water partition coefficient (Wildman–Crippen LogP) is 5.87. The summed E-state index contributed by atoms with van der Waals surface area (Å²) >= 11 is 0. The van der Waals surface area contributed by atoms with Crippen molar-refractivity contribution in [3.8, 4) is 0 Å². The number of carbonyl (C=O) groups excluding carboxylic acids is 2. The van der Waals surface area contributed by atoms with Gasteiger partial charge in [-0.1, -0.05) is 30.3 Å². The van der Waals surface area contributed by atoms with Gasteiger partial charge in [0, 0.05) is 60.4 Å². The van der Waals surface area contributed by atoms with Crippen molar-refractivity contribution >= 4 is 22.7 Å². The molecule has 0 saturated carbocycles. The van der Waals surface area contributed by atoms with Crippen LogP contribution in [0.25, 0.3) is 10.9 Å². The van der Waals surface area contributed by atoms with Crippen molar-refractivity contribution in [3.05, 3.63) is 106 Å². The van der Waals surface area contributed by atoms with Crippen molar-refractivity contribution in [3.63, 3.8) is 0 Å². The van der Waals surface area contributed by atoms with Crippen LogP contribution in [0.3, 0.4) is 0 Å². The van der Waals surface area contributed by atoms with Gasteiger partial charge in [-0.05, 0) is 53.9 Å². The molecule has 0 bridgehead atoms. The summed E-state index contributed by atoms with van der Waals surface area (Å²) in [4.78, 5) is 31.6. The van der Waals surface area contributed by atoms with Crippen LogP contribution in [-0.2, 0) is 25.3 Å². The predicted molar refractivity (Wildman–Crippen MR) is 144 cm³/mol. The van der Waals surface area contributed by atoms with Crippen molar-refractivity contribution in [2.45, 2.75) is 31.4 Å². The van der Waals surface area contributed by atoms with Crippen molar-refractivity contribution in [1.82, 2.24) is 14.8 Å². The standard InChI is InChI=1S/C30H26F6N4O2/c31-29(32,33)22-11-20(12-23(14-22)30(34,35)36)28(42)40-10-9-39(16-18-5-7-19(8-6-18)27(37)41)17-24(40)13-21-15-38-26-4-2-1-3-25(21)26/h1-8,11-12,14-15,24,38H,9-10,13,16-17H2,(H2,37,41)/t24-/m1/s1. The lowest BCUT2D eigenvalue weighted by atomic mass is 9.98. The molecular weight excluding hydrogens is 562 g/mol. The van der Waals surface area contributed by atoms with E-state index in [-0.39, 0.29) is 12.6 Å². The quantitative estimate of drug-likeness (QED) is 0.277. The molecule has 42 heavy (non-hydrogen) atoms. The van der Waals surface area contributed by atoms with E-state index in [1.165, 1.54) is 4.90 Å². The van der Waals surface area contributed by atoms with Gasteiger partial charge in [-0.2, -0.15) is 26.3 Å². The third-order valence-corrected chi connectivity index (χ3v) is 7.44. The number of rotatable bonds is 6. The highest BCUT2D eigenvalue weighted by molar-refractivity contribution is 5.95. The molecule has 2 heterocycles. The monoisotopic (exact) mass is 588 g/mol. The Balaban J connectivity index is 1.46. The van der Waals surface area contributed by atoms with Crippen LogP contribution in [0.5, 0.6) is 0 Å². The fourth-order valence-electron chi connectivity index (χ4n) is 5.34. The highest BCUT2D eigenvalue weighted by atomic mass is 19.4. The van der Waals surface area contributed by atoms with E-state index in [2.05, 4.69) is 9.88 Å². The van der Waals surface area contributed by atoms with Gasteiger partial charge in [0.1, 0.15) is 0 Å². The molecule has 0 spiro atoms. The third kappa shape index (κ3) is 6.28. The molecule has 1 aliphatic rings. The van der Waals surface area contributed by atoms with Gasteiger partial charge in [-0.15, -0.1) is 0 Å². The van der Waals surface area contributed by atoms with Gasteiger partial charge in [-0.3, -0.25) is 14.5 Å².